The van der Waals surface area contributed by atoms with Gasteiger partial charge in [0.25, 0.3) is 0 Å². The van der Waals surface area contributed by atoms with Crippen LogP contribution in [0.3, 0.4) is 0 Å². The maximum absolute atomic E-state index is 11.8. The molecule has 0 spiro atoms. The van der Waals surface area contributed by atoms with Crippen LogP contribution in [0.25, 0.3) is 0 Å². The molecule has 1 amide bonds. The van der Waals surface area contributed by atoms with Crippen molar-refractivity contribution < 1.29 is 14.7 Å². The minimum absolute atomic E-state index is 0.00658. The topological polar surface area (TPSA) is 66.4 Å². The normalized spacial score (nSPS) is 19.4. The Labute approximate surface area is 119 Å². The number of aromatic carboxylic acids is 1. The van der Waals surface area contributed by atoms with Gasteiger partial charge in [-0.1, -0.05) is 32.0 Å². The molecule has 1 aliphatic rings. The number of hydrogen-bond acceptors (Lipinski definition) is 2. The summed E-state index contributed by atoms with van der Waals surface area (Å²) in [5, 5.41) is 12.0. The highest BCUT2D eigenvalue weighted by Gasteiger charge is 2.45. The highest BCUT2D eigenvalue weighted by atomic mass is 16.4. The summed E-state index contributed by atoms with van der Waals surface area (Å²) < 4.78 is 0. The lowest BCUT2D eigenvalue weighted by Gasteiger charge is -2.08. The van der Waals surface area contributed by atoms with Gasteiger partial charge in [-0.05, 0) is 35.8 Å². The first-order chi connectivity index (χ1) is 9.40. The van der Waals surface area contributed by atoms with E-state index in [1.807, 2.05) is 0 Å². The Balaban J connectivity index is 1.80. The zero-order valence-electron chi connectivity index (χ0n) is 12.0. The Morgan fingerprint density at radius 2 is 2.00 bits per heavy atom. The number of carboxylic acid groups (broad SMARTS) is 1. The standard InChI is InChI=1S/C16H21NO3/c1-16(2)9-12(16)10-17-14(18)8-7-11-5-3-4-6-13(11)15(19)20/h3-6,12H,7-10H2,1-2H3,(H,17,18)(H,19,20). The van der Waals surface area contributed by atoms with Gasteiger partial charge in [0.1, 0.15) is 0 Å². The zero-order chi connectivity index (χ0) is 14.8. The summed E-state index contributed by atoms with van der Waals surface area (Å²) in [6.07, 6.45) is 1.95. The molecule has 108 valence electrons. The van der Waals surface area contributed by atoms with Crippen molar-refractivity contribution >= 4 is 11.9 Å². The third-order valence-corrected chi connectivity index (χ3v) is 4.13. The van der Waals surface area contributed by atoms with Crippen LogP contribution in [-0.4, -0.2) is 23.5 Å². The number of carbonyl (C=O) groups excluding carboxylic acids is 1. The fourth-order valence-corrected chi connectivity index (χ4v) is 2.45. The first kappa shape index (κ1) is 14.6. The number of nitrogens with one attached hydrogen (secondary N) is 1. The van der Waals surface area contributed by atoms with E-state index in [4.69, 9.17) is 5.11 Å². The van der Waals surface area contributed by atoms with Crippen molar-refractivity contribution in [2.24, 2.45) is 11.3 Å². The van der Waals surface area contributed by atoms with Crippen LogP contribution < -0.4 is 5.32 Å². The molecule has 1 aromatic rings. The molecule has 2 rings (SSSR count). The first-order valence-electron chi connectivity index (χ1n) is 6.98. The number of aryl methyl sites for hydroxylation is 1. The first-order valence-corrected chi connectivity index (χ1v) is 6.98. The van der Waals surface area contributed by atoms with Gasteiger partial charge in [-0.2, -0.15) is 0 Å². The van der Waals surface area contributed by atoms with Gasteiger partial charge in [0.15, 0.2) is 0 Å². The minimum Gasteiger partial charge on any atom is -0.478 e. The molecule has 0 aliphatic heterocycles. The lowest BCUT2D eigenvalue weighted by molar-refractivity contribution is -0.121. The van der Waals surface area contributed by atoms with Crippen molar-refractivity contribution in [3.63, 3.8) is 0 Å². The summed E-state index contributed by atoms with van der Waals surface area (Å²) in [6.45, 7) is 5.13. The van der Waals surface area contributed by atoms with E-state index >= 15 is 0 Å². The van der Waals surface area contributed by atoms with Crippen LogP contribution in [-0.2, 0) is 11.2 Å². The fraction of sp³-hybridized carbons (Fsp3) is 0.500. The molecule has 0 aromatic heterocycles. The minimum atomic E-state index is -0.944. The maximum Gasteiger partial charge on any atom is 0.335 e. The van der Waals surface area contributed by atoms with Crippen LogP contribution in [0, 0.1) is 11.3 Å². The van der Waals surface area contributed by atoms with Gasteiger partial charge in [-0.3, -0.25) is 4.79 Å². The van der Waals surface area contributed by atoms with E-state index in [2.05, 4.69) is 19.2 Å². The van der Waals surface area contributed by atoms with E-state index in [0.717, 1.165) is 13.0 Å². The Morgan fingerprint density at radius 1 is 1.35 bits per heavy atom. The molecule has 1 atom stereocenters. The highest BCUT2D eigenvalue weighted by Crippen LogP contribution is 2.50. The summed E-state index contributed by atoms with van der Waals surface area (Å²) in [4.78, 5) is 22.8. The summed E-state index contributed by atoms with van der Waals surface area (Å²) in [6, 6.07) is 6.83. The van der Waals surface area contributed by atoms with Crippen LogP contribution in [0.15, 0.2) is 24.3 Å². The second kappa shape index (κ2) is 5.65. The van der Waals surface area contributed by atoms with E-state index in [0.29, 0.717) is 29.7 Å². The van der Waals surface area contributed by atoms with Crippen LogP contribution in [0.5, 0.6) is 0 Å². The van der Waals surface area contributed by atoms with Crippen LogP contribution >= 0.6 is 0 Å². The van der Waals surface area contributed by atoms with E-state index in [1.54, 1.807) is 24.3 Å². The Kier molecular flexibility index (Phi) is 4.12. The smallest absolute Gasteiger partial charge is 0.335 e. The maximum atomic E-state index is 11.8. The van der Waals surface area contributed by atoms with Crippen LogP contribution in [0.4, 0.5) is 0 Å². The molecule has 4 heteroatoms. The molecule has 2 N–H and O–H groups in total. The van der Waals surface area contributed by atoms with E-state index in [-0.39, 0.29) is 11.5 Å². The molecule has 0 heterocycles. The van der Waals surface area contributed by atoms with Gasteiger partial charge < -0.3 is 10.4 Å². The van der Waals surface area contributed by atoms with Crippen molar-refractivity contribution in [2.75, 3.05) is 6.54 Å². The van der Waals surface area contributed by atoms with Crippen molar-refractivity contribution in [1.82, 2.24) is 5.32 Å². The second-order valence-electron chi connectivity index (χ2n) is 6.16. The summed E-state index contributed by atoms with van der Waals surface area (Å²) >= 11 is 0. The Bertz CT molecular complexity index is 522. The summed E-state index contributed by atoms with van der Waals surface area (Å²) in [5.74, 6) is -0.369. The van der Waals surface area contributed by atoms with Crippen molar-refractivity contribution in [3.05, 3.63) is 35.4 Å². The fourth-order valence-electron chi connectivity index (χ4n) is 2.45. The predicted octanol–water partition coefficient (Wildman–Crippen LogP) is 2.48. The average Bonchev–Trinajstić information content (AvgIpc) is 3.02. The van der Waals surface area contributed by atoms with Crippen molar-refractivity contribution in [2.45, 2.75) is 33.1 Å². The number of rotatable bonds is 6. The molecule has 0 bridgehead atoms. The van der Waals surface area contributed by atoms with Crippen LogP contribution in [0.2, 0.25) is 0 Å². The van der Waals surface area contributed by atoms with Crippen molar-refractivity contribution in [3.8, 4) is 0 Å². The molecular formula is C16H21NO3. The average molecular weight is 275 g/mol. The highest BCUT2D eigenvalue weighted by molar-refractivity contribution is 5.89. The SMILES string of the molecule is CC1(C)CC1CNC(=O)CCc1ccccc1C(=O)O. The second-order valence-corrected chi connectivity index (χ2v) is 6.16. The van der Waals surface area contributed by atoms with E-state index in [9.17, 15) is 9.59 Å². The largest absolute Gasteiger partial charge is 0.478 e. The molecule has 1 saturated carbocycles. The predicted molar refractivity (Wildman–Crippen MR) is 76.6 cm³/mol. The Hall–Kier alpha value is -1.84. The Morgan fingerprint density at radius 3 is 2.60 bits per heavy atom. The number of hydrogen-bond donors (Lipinski definition) is 2. The van der Waals surface area contributed by atoms with Crippen LogP contribution in [0.1, 0.15) is 42.6 Å². The third kappa shape index (κ3) is 3.59. The van der Waals surface area contributed by atoms with Gasteiger partial charge in [-0.25, -0.2) is 4.79 Å². The molecule has 20 heavy (non-hydrogen) atoms. The summed E-state index contributed by atoms with van der Waals surface area (Å²) in [7, 11) is 0. The lowest BCUT2D eigenvalue weighted by atomic mass is 10.0. The van der Waals surface area contributed by atoms with Gasteiger partial charge in [0.2, 0.25) is 5.91 Å². The molecule has 0 saturated heterocycles. The van der Waals surface area contributed by atoms with E-state index in [1.165, 1.54) is 0 Å². The number of carbonyl (C=O) groups is 2. The van der Waals surface area contributed by atoms with Crippen molar-refractivity contribution in [1.29, 1.82) is 0 Å². The van der Waals surface area contributed by atoms with E-state index < -0.39 is 5.97 Å². The number of benzene rings is 1. The lowest BCUT2D eigenvalue weighted by Crippen LogP contribution is -2.26. The quantitative estimate of drug-likeness (QED) is 0.838. The summed E-state index contributed by atoms with van der Waals surface area (Å²) in [5.41, 5.74) is 1.36. The molecule has 1 aliphatic carbocycles. The van der Waals surface area contributed by atoms with Gasteiger partial charge in [0.05, 0.1) is 5.56 Å². The van der Waals surface area contributed by atoms with Gasteiger partial charge in [-0.15, -0.1) is 0 Å². The zero-order valence-corrected chi connectivity index (χ0v) is 12.0. The molecule has 1 aromatic carbocycles. The molecule has 0 radical (unpaired) electrons. The molecule has 1 unspecified atom stereocenters. The van der Waals surface area contributed by atoms with Gasteiger partial charge in [0, 0.05) is 13.0 Å². The monoisotopic (exact) mass is 275 g/mol. The molecule has 1 fully saturated rings. The number of amides is 1. The molecule has 4 nitrogen and oxygen atoms in total. The third-order valence-electron chi connectivity index (χ3n) is 4.13. The van der Waals surface area contributed by atoms with Gasteiger partial charge >= 0.3 is 5.97 Å². The number of carboxylic acids is 1. The molecular weight excluding hydrogens is 254 g/mol.